The van der Waals surface area contributed by atoms with Gasteiger partial charge in [-0.1, -0.05) is 20.8 Å². The normalized spacial score (nSPS) is 19.7. The number of aryl methyl sites for hydroxylation is 1. The Hall–Kier alpha value is -1.20. The minimum Gasteiger partial charge on any atom is -0.370 e. The van der Waals surface area contributed by atoms with E-state index in [1.807, 2.05) is 0 Å². The van der Waals surface area contributed by atoms with Crippen LogP contribution in [0.3, 0.4) is 0 Å². The molecule has 1 atom stereocenters. The first-order valence-electron chi connectivity index (χ1n) is 8.14. The first-order chi connectivity index (χ1) is 10.2. The first kappa shape index (κ1) is 16.2. The van der Waals surface area contributed by atoms with E-state index in [2.05, 4.69) is 37.9 Å². The summed E-state index contributed by atoms with van der Waals surface area (Å²) in [5.41, 5.74) is 2.29. The maximum Gasteiger partial charge on any atom is 0.161 e. The van der Waals surface area contributed by atoms with Gasteiger partial charge in [0.15, 0.2) is 5.82 Å². The maximum atomic E-state index is 5.89. The number of likely N-dealkylation sites (N-methyl/N-ethyl adjacent to an activating group) is 1. The molecule has 0 saturated carbocycles. The highest BCUT2D eigenvalue weighted by molar-refractivity contribution is 5.46. The predicted octanol–water partition coefficient (Wildman–Crippen LogP) is 2.56. The van der Waals surface area contributed by atoms with Crippen LogP contribution in [0.25, 0.3) is 0 Å². The lowest BCUT2D eigenvalue weighted by Gasteiger charge is -2.31. The molecule has 1 aromatic heterocycles. The Balaban J connectivity index is 2.24. The maximum absolute atomic E-state index is 5.89. The minimum absolute atomic E-state index is 0.00881. The van der Waals surface area contributed by atoms with Crippen LogP contribution in [0.5, 0.6) is 0 Å². The SMILES string of the molecule is CCCNc1nc(C2CN(CC)CCO2)nc(C)c1CC. The van der Waals surface area contributed by atoms with Gasteiger partial charge in [-0.2, -0.15) is 0 Å². The molecule has 2 heterocycles. The Kier molecular flexibility index (Phi) is 5.94. The zero-order valence-electron chi connectivity index (χ0n) is 13.8. The van der Waals surface area contributed by atoms with E-state index in [0.717, 1.165) is 63.0 Å². The van der Waals surface area contributed by atoms with Gasteiger partial charge in [0, 0.05) is 30.9 Å². The highest BCUT2D eigenvalue weighted by Gasteiger charge is 2.24. The summed E-state index contributed by atoms with van der Waals surface area (Å²) in [5, 5.41) is 3.44. The molecule has 1 fully saturated rings. The van der Waals surface area contributed by atoms with Gasteiger partial charge >= 0.3 is 0 Å². The molecule has 0 radical (unpaired) electrons. The van der Waals surface area contributed by atoms with Gasteiger partial charge in [0.2, 0.25) is 0 Å². The number of nitrogens with one attached hydrogen (secondary N) is 1. The van der Waals surface area contributed by atoms with Crippen molar-refractivity contribution in [3.05, 3.63) is 17.1 Å². The van der Waals surface area contributed by atoms with Crippen LogP contribution in [-0.2, 0) is 11.2 Å². The molecular formula is C16H28N4O. The smallest absolute Gasteiger partial charge is 0.161 e. The number of ether oxygens (including phenoxy) is 1. The number of hydrogen-bond donors (Lipinski definition) is 1. The Morgan fingerprint density at radius 3 is 2.76 bits per heavy atom. The summed E-state index contributed by atoms with van der Waals surface area (Å²) in [5.74, 6) is 1.81. The van der Waals surface area contributed by atoms with Gasteiger partial charge < -0.3 is 10.1 Å². The van der Waals surface area contributed by atoms with Crippen LogP contribution >= 0.6 is 0 Å². The van der Waals surface area contributed by atoms with Crippen molar-refractivity contribution in [3.63, 3.8) is 0 Å². The van der Waals surface area contributed by atoms with Crippen molar-refractivity contribution in [2.45, 2.75) is 46.6 Å². The molecule has 2 rings (SSSR count). The summed E-state index contributed by atoms with van der Waals surface area (Å²) >= 11 is 0. The van der Waals surface area contributed by atoms with E-state index < -0.39 is 0 Å². The fraction of sp³-hybridized carbons (Fsp3) is 0.750. The third-order valence-electron chi connectivity index (χ3n) is 4.01. The van der Waals surface area contributed by atoms with E-state index >= 15 is 0 Å². The van der Waals surface area contributed by atoms with Gasteiger partial charge in [0.1, 0.15) is 11.9 Å². The van der Waals surface area contributed by atoms with E-state index in [1.54, 1.807) is 0 Å². The van der Waals surface area contributed by atoms with Gasteiger partial charge in [0.05, 0.1) is 6.61 Å². The lowest BCUT2D eigenvalue weighted by molar-refractivity contribution is -0.0326. The summed E-state index contributed by atoms with van der Waals surface area (Å²) in [6.45, 7) is 13.2. The van der Waals surface area contributed by atoms with Crippen molar-refractivity contribution < 1.29 is 4.74 Å². The Morgan fingerprint density at radius 1 is 1.29 bits per heavy atom. The molecule has 0 spiro atoms. The van der Waals surface area contributed by atoms with Gasteiger partial charge in [-0.15, -0.1) is 0 Å². The van der Waals surface area contributed by atoms with E-state index in [-0.39, 0.29) is 6.10 Å². The molecular weight excluding hydrogens is 264 g/mol. The Bertz CT molecular complexity index is 464. The minimum atomic E-state index is -0.00881. The lowest BCUT2D eigenvalue weighted by atomic mass is 10.1. The summed E-state index contributed by atoms with van der Waals surface area (Å²) in [6, 6.07) is 0. The summed E-state index contributed by atoms with van der Waals surface area (Å²) in [7, 11) is 0. The third kappa shape index (κ3) is 3.92. The largest absolute Gasteiger partial charge is 0.370 e. The number of nitrogens with zero attached hydrogens (tertiary/aromatic N) is 3. The third-order valence-corrected chi connectivity index (χ3v) is 4.01. The van der Waals surface area contributed by atoms with Crippen molar-refractivity contribution in [1.82, 2.24) is 14.9 Å². The molecule has 21 heavy (non-hydrogen) atoms. The van der Waals surface area contributed by atoms with Crippen LogP contribution in [0.4, 0.5) is 5.82 Å². The molecule has 1 unspecified atom stereocenters. The average Bonchev–Trinajstić information content (AvgIpc) is 2.52. The summed E-state index contributed by atoms with van der Waals surface area (Å²) in [6.07, 6.45) is 2.03. The van der Waals surface area contributed by atoms with Crippen molar-refractivity contribution in [2.24, 2.45) is 0 Å². The number of aromatic nitrogens is 2. The van der Waals surface area contributed by atoms with Crippen molar-refractivity contribution in [3.8, 4) is 0 Å². The van der Waals surface area contributed by atoms with E-state index in [9.17, 15) is 0 Å². The van der Waals surface area contributed by atoms with Crippen LogP contribution in [0, 0.1) is 6.92 Å². The van der Waals surface area contributed by atoms with E-state index in [0.29, 0.717) is 0 Å². The number of hydrogen-bond acceptors (Lipinski definition) is 5. The molecule has 1 aliphatic rings. The van der Waals surface area contributed by atoms with Crippen LogP contribution in [0.1, 0.15) is 50.4 Å². The number of morpholine rings is 1. The highest BCUT2D eigenvalue weighted by Crippen LogP contribution is 2.24. The van der Waals surface area contributed by atoms with Crippen molar-refractivity contribution in [2.75, 3.05) is 38.1 Å². The van der Waals surface area contributed by atoms with Crippen molar-refractivity contribution in [1.29, 1.82) is 0 Å². The molecule has 0 aromatic carbocycles. The van der Waals surface area contributed by atoms with Crippen LogP contribution in [-0.4, -0.2) is 47.7 Å². The first-order valence-corrected chi connectivity index (χ1v) is 8.14. The molecule has 118 valence electrons. The fourth-order valence-corrected chi connectivity index (χ4v) is 2.72. The molecule has 5 heteroatoms. The monoisotopic (exact) mass is 292 g/mol. The van der Waals surface area contributed by atoms with Crippen LogP contribution < -0.4 is 5.32 Å². The van der Waals surface area contributed by atoms with Crippen molar-refractivity contribution >= 4 is 5.82 Å². The molecule has 1 saturated heterocycles. The molecule has 0 aliphatic carbocycles. The zero-order valence-corrected chi connectivity index (χ0v) is 13.8. The second kappa shape index (κ2) is 7.71. The second-order valence-electron chi connectivity index (χ2n) is 5.53. The number of anilines is 1. The highest BCUT2D eigenvalue weighted by atomic mass is 16.5. The van der Waals surface area contributed by atoms with Crippen LogP contribution in [0.2, 0.25) is 0 Å². The Morgan fingerprint density at radius 2 is 2.10 bits per heavy atom. The van der Waals surface area contributed by atoms with Gasteiger partial charge in [-0.3, -0.25) is 4.90 Å². The molecule has 1 aromatic rings. The lowest BCUT2D eigenvalue weighted by Crippen LogP contribution is -2.38. The Labute approximate surface area is 128 Å². The zero-order chi connectivity index (χ0) is 15.2. The van der Waals surface area contributed by atoms with Gasteiger partial charge in [-0.25, -0.2) is 9.97 Å². The summed E-state index contributed by atoms with van der Waals surface area (Å²) < 4.78 is 5.89. The van der Waals surface area contributed by atoms with E-state index in [1.165, 1.54) is 5.56 Å². The average molecular weight is 292 g/mol. The molecule has 5 nitrogen and oxygen atoms in total. The fourth-order valence-electron chi connectivity index (χ4n) is 2.72. The van der Waals surface area contributed by atoms with Gasteiger partial charge in [-0.05, 0) is 26.3 Å². The topological polar surface area (TPSA) is 50.3 Å². The molecule has 0 bridgehead atoms. The standard InChI is InChI=1S/C16H28N4O/c1-5-8-17-15-13(6-2)12(4)18-16(19-15)14-11-20(7-3)9-10-21-14/h14H,5-11H2,1-4H3,(H,17,18,19). The van der Waals surface area contributed by atoms with Gasteiger partial charge in [0.25, 0.3) is 0 Å². The van der Waals surface area contributed by atoms with Crippen LogP contribution in [0.15, 0.2) is 0 Å². The number of rotatable bonds is 6. The molecule has 0 amide bonds. The predicted molar refractivity (Wildman–Crippen MR) is 85.7 cm³/mol. The summed E-state index contributed by atoms with van der Waals surface area (Å²) in [4.78, 5) is 11.9. The van der Waals surface area contributed by atoms with E-state index in [4.69, 9.17) is 14.7 Å². The quantitative estimate of drug-likeness (QED) is 0.873. The molecule has 1 N–H and O–H groups in total. The molecule has 1 aliphatic heterocycles. The second-order valence-corrected chi connectivity index (χ2v) is 5.53.